The van der Waals surface area contributed by atoms with Gasteiger partial charge in [-0.25, -0.2) is 9.97 Å². The number of aryl methyl sites for hydroxylation is 2. The fourth-order valence-corrected chi connectivity index (χ4v) is 4.30. The molecule has 0 bridgehead atoms. The molecule has 0 aliphatic carbocycles. The van der Waals surface area contributed by atoms with Crippen LogP contribution in [0.2, 0.25) is 0 Å². The molecular formula is C24H28N4O5. The van der Waals surface area contributed by atoms with Crippen LogP contribution in [0.1, 0.15) is 28.7 Å². The fraction of sp³-hybridized carbons (Fsp3) is 0.417. The predicted octanol–water partition coefficient (Wildman–Crippen LogP) is 1.86. The number of rotatable bonds is 6. The second-order valence-electron chi connectivity index (χ2n) is 8.14. The van der Waals surface area contributed by atoms with Crippen LogP contribution in [0, 0.1) is 13.8 Å². The Morgan fingerprint density at radius 2 is 1.97 bits per heavy atom. The van der Waals surface area contributed by atoms with E-state index in [0.29, 0.717) is 54.7 Å². The Hall–Kier alpha value is -3.30. The number of aromatic nitrogens is 2. The van der Waals surface area contributed by atoms with Crippen molar-refractivity contribution in [1.82, 2.24) is 19.8 Å². The largest absolute Gasteiger partial charge is 0.507 e. The van der Waals surface area contributed by atoms with E-state index in [2.05, 4.69) is 14.9 Å². The van der Waals surface area contributed by atoms with Gasteiger partial charge < -0.3 is 19.5 Å². The van der Waals surface area contributed by atoms with E-state index in [4.69, 9.17) is 9.47 Å². The molecule has 0 radical (unpaired) electrons. The predicted molar refractivity (Wildman–Crippen MR) is 121 cm³/mol. The molecule has 1 amide bonds. The second kappa shape index (κ2) is 9.68. The Labute approximate surface area is 192 Å². The van der Waals surface area contributed by atoms with Gasteiger partial charge in [0.25, 0.3) is 11.7 Å². The molecule has 0 unspecified atom stereocenters. The van der Waals surface area contributed by atoms with Crippen LogP contribution in [0.5, 0.6) is 5.75 Å². The molecule has 2 saturated heterocycles. The third kappa shape index (κ3) is 4.60. The molecular weight excluding hydrogens is 424 g/mol. The van der Waals surface area contributed by atoms with Crippen molar-refractivity contribution in [2.75, 3.05) is 46.5 Å². The molecule has 1 N–H and O–H groups in total. The first-order chi connectivity index (χ1) is 15.9. The van der Waals surface area contributed by atoms with Crippen LogP contribution in [0.15, 0.2) is 36.0 Å². The molecule has 9 heteroatoms. The van der Waals surface area contributed by atoms with Gasteiger partial charge in [-0.05, 0) is 31.5 Å². The number of ketones is 1. The van der Waals surface area contributed by atoms with Crippen molar-refractivity contribution < 1.29 is 24.2 Å². The highest BCUT2D eigenvalue weighted by molar-refractivity contribution is 6.46. The van der Waals surface area contributed by atoms with Gasteiger partial charge in [0.1, 0.15) is 17.3 Å². The molecule has 3 heterocycles. The number of hydrogen-bond acceptors (Lipinski definition) is 8. The van der Waals surface area contributed by atoms with E-state index in [1.165, 1.54) is 11.1 Å². The number of ether oxygens (including phenoxy) is 2. The van der Waals surface area contributed by atoms with E-state index >= 15 is 0 Å². The summed E-state index contributed by atoms with van der Waals surface area (Å²) in [4.78, 5) is 38.5. The number of aliphatic hydroxyl groups excluding tert-OH is 1. The average molecular weight is 453 g/mol. The zero-order valence-corrected chi connectivity index (χ0v) is 19.1. The number of amides is 1. The standard InChI is InChI=1S/C24H28N4O5/c1-15-19(14-25-16(2)26-15)22(29)20-21(17-5-4-6-18(13-17)32-3)28(24(31)23(20)30)8-7-27-9-11-33-12-10-27/h4-6,13-14,21,29H,7-12H2,1-3H3/t21-/m0/s1. The normalized spacial score (nSPS) is 20.9. The van der Waals surface area contributed by atoms with Crippen LogP contribution in [0.4, 0.5) is 0 Å². The number of nitrogens with zero attached hydrogens (tertiary/aromatic N) is 4. The van der Waals surface area contributed by atoms with Crippen LogP contribution in [0.25, 0.3) is 5.76 Å². The molecule has 0 spiro atoms. The monoisotopic (exact) mass is 452 g/mol. The van der Waals surface area contributed by atoms with Crippen LogP contribution >= 0.6 is 0 Å². The first kappa shape index (κ1) is 22.9. The Balaban J connectivity index is 1.77. The van der Waals surface area contributed by atoms with Crippen LogP contribution in [-0.4, -0.2) is 83.1 Å². The fourth-order valence-electron chi connectivity index (χ4n) is 4.30. The lowest BCUT2D eigenvalue weighted by Gasteiger charge is -2.31. The van der Waals surface area contributed by atoms with Crippen molar-refractivity contribution in [3.05, 3.63) is 58.7 Å². The zero-order valence-electron chi connectivity index (χ0n) is 19.1. The molecule has 2 fully saturated rings. The van der Waals surface area contributed by atoms with Gasteiger partial charge in [0.2, 0.25) is 0 Å². The van der Waals surface area contributed by atoms with E-state index in [0.717, 1.165) is 13.1 Å². The number of carbonyl (C=O) groups excluding carboxylic acids is 2. The highest BCUT2D eigenvalue weighted by Crippen LogP contribution is 2.40. The van der Waals surface area contributed by atoms with Gasteiger partial charge in [0, 0.05) is 32.4 Å². The number of aliphatic hydroxyl groups is 1. The molecule has 4 rings (SSSR count). The molecule has 2 aliphatic rings. The molecule has 0 saturated carbocycles. The maximum absolute atomic E-state index is 13.2. The first-order valence-electron chi connectivity index (χ1n) is 10.9. The minimum absolute atomic E-state index is 0.0331. The Morgan fingerprint density at radius 1 is 1.21 bits per heavy atom. The van der Waals surface area contributed by atoms with Crippen molar-refractivity contribution in [1.29, 1.82) is 0 Å². The number of methoxy groups -OCH3 is 1. The van der Waals surface area contributed by atoms with Crippen LogP contribution in [-0.2, 0) is 14.3 Å². The van der Waals surface area contributed by atoms with E-state index in [1.807, 2.05) is 6.07 Å². The second-order valence-corrected chi connectivity index (χ2v) is 8.14. The highest BCUT2D eigenvalue weighted by atomic mass is 16.5. The maximum atomic E-state index is 13.2. The first-order valence-corrected chi connectivity index (χ1v) is 10.9. The molecule has 1 aromatic carbocycles. The average Bonchev–Trinajstić information content (AvgIpc) is 3.08. The van der Waals surface area contributed by atoms with E-state index < -0.39 is 17.7 Å². The molecule has 2 aromatic rings. The molecule has 33 heavy (non-hydrogen) atoms. The summed E-state index contributed by atoms with van der Waals surface area (Å²) in [5, 5.41) is 11.2. The van der Waals surface area contributed by atoms with Crippen molar-refractivity contribution in [3.63, 3.8) is 0 Å². The van der Waals surface area contributed by atoms with Crippen molar-refractivity contribution in [3.8, 4) is 5.75 Å². The number of likely N-dealkylation sites (tertiary alicyclic amines) is 1. The topological polar surface area (TPSA) is 105 Å². The summed E-state index contributed by atoms with van der Waals surface area (Å²) in [6.07, 6.45) is 1.48. The van der Waals surface area contributed by atoms with E-state index in [1.54, 1.807) is 39.2 Å². The smallest absolute Gasteiger partial charge is 0.295 e. The van der Waals surface area contributed by atoms with Gasteiger partial charge in [-0.3, -0.25) is 14.5 Å². The van der Waals surface area contributed by atoms with Gasteiger partial charge in [-0.1, -0.05) is 12.1 Å². The summed E-state index contributed by atoms with van der Waals surface area (Å²) in [5.74, 6) is -0.474. The summed E-state index contributed by atoms with van der Waals surface area (Å²) in [6.45, 7) is 7.25. The van der Waals surface area contributed by atoms with E-state index in [9.17, 15) is 14.7 Å². The molecule has 1 atom stereocenters. The Bertz CT molecular complexity index is 1090. The number of Topliss-reactive ketones (excluding diaryl/α,β-unsaturated/α-hetero) is 1. The van der Waals surface area contributed by atoms with Crippen LogP contribution < -0.4 is 4.74 Å². The van der Waals surface area contributed by atoms with E-state index in [-0.39, 0.29) is 11.3 Å². The third-order valence-electron chi connectivity index (χ3n) is 6.07. The van der Waals surface area contributed by atoms with Gasteiger partial charge in [0.15, 0.2) is 0 Å². The lowest BCUT2D eigenvalue weighted by molar-refractivity contribution is -0.140. The van der Waals surface area contributed by atoms with Gasteiger partial charge >= 0.3 is 0 Å². The summed E-state index contributed by atoms with van der Waals surface area (Å²) in [7, 11) is 1.56. The Morgan fingerprint density at radius 3 is 2.67 bits per heavy atom. The summed E-state index contributed by atoms with van der Waals surface area (Å²) >= 11 is 0. The maximum Gasteiger partial charge on any atom is 0.295 e. The van der Waals surface area contributed by atoms with Gasteiger partial charge in [-0.15, -0.1) is 0 Å². The number of carbonyl (C=O) groups is 2. The van der Waals surface area contributed by atoms with Gasteiger partial charge in [0.05, 0.1) is 43.2 Å². The highest BCUT2D eigenvalue weighted by Gasteiger charge is 2.46. The Kier molecular flexibility index (Phi) is 6.71. The number of benzene rings is 1. The van der Waals surface area contributed by atoms with Crippen molar-refractivity contribution in [2.24, 2.45) is 0 Å². The zero-order chi connectivity index (χ0) is 23.5. The number of hydrogen-bond donors (Lipinski definition) is 1. The minimum Gasteiger partial charge on any atom is -0.507 e. The van der Waals surface area contributed by atoms with Crippen molar-refractivity contribution in [2.45, 2.75) is 19.9 Å². The molecule has 9 nitrogen and oxygen atoms in total. The quantitative estimate of drug-likeness (QED) is 0.402. The third-order valence-corrected chi connectivity index (χ3v) is 6.07. The molecule has 174 valence electrons. The minimum atomic E-state index is -0.748. The summed E-state index contributed by atoms with van der Waals surface area (Å²) in [6, 6.07) is 6.45. The van der Waals surface area contributed by atoms with Crippen LogP contribution in [0.3, 0.4) is 0 Å². The van der Waals surface area contributed by atoms with Gasteiger partial charge in [-0.2, -0.15) is 0 Å². The lowest BCUT2D eigenvalue weighted by atomic mass is 9.95. The molecule has 1 aromatic heterocycles. The summed E-state index contributed by atoms with van der Waals surface area (Å²) < 4.78 is 10.8. The SMILES string of the molecule is COc1cccc([C@H]2C(=C(O)c3cnc(C)nc3C)C(=O)C(=O)N2CCN2CCOCC2)c1. The lowest BCUT2D eigenvalue weighted by Crippen LogP contribution is -2.42. The molecule has 2 aliphatic heterocycles. The summed E-state index contributed by atoms with van der Waals surface area (Å²) in [5.41, 5.74) is 1.58. The number of morpholine rings is 1. The van der Waals surface area contributed by atoms with Crippen molar-refractivity contribution >= 4 is 17.4 Å².